The number of rotatable bonds is 4. The first-order valence-electron chi connectivity index (χ1n) is 7.97. The number of nitriles is 1. The molecule has 1 amide bonds. The lowest BCUT2D eigenvalue weighted by Crippen LogP contribution is -2.13. The van der Waals surface area contributed by atoms with E-state index in [9.17, 15) is 10.1 Å². The maximum atomic E-state index is 12.5. The van der Waals surface area contributed by atoms with E-state index in [1.54, 1.807) is 19.2 Å². The Morgan fingerprint density at radius 3 is 2.37 bits per heavy atom. The van der Waals surface area contributed by atoms with Gasteiger partial charge in [0.15, 0.2) is 0 Å². The topological polar surface area (TPSA) is 62.1 Å². The van der Waals surface area contributed by atoms with Gasteiger partial charge in [0, 0.05) is 5.69 Å². The number of fused-ring (bicyclic) bond motifs is 1. The number of carbonyl (C=O) groups is 1. The number of benzene rings is 3. The molecule has 27 heavy (non-hydrogen) atoms. The van der Waals surface area contributed by atoms with Crippen LogP contribution in [0.1, 0.15) is 5.56 Å². The summed E-state index contributed by atoms with van der Waals surface area (Å²) in [6, 6.07) is 19.0. The lowest BCUT2D eigenvalue weighted by Gasteiger charge is -2.08. The molecule has 0 aromatic heterocycles. The monoisotopic (exact) mass is 484 g/mol. The SMILES string of the molecule is COc1c(Br)cc(/C=C(\C#N)C(=O)Nc2ccc3ccccc3c2)cc1Br. The van der Waals surface area contributed by atoms with Gasteiger partial charge in [-0.05, 0) is 78.5 Å². The van der Waals surface area contributed by atoms with Crippen molar-refractivity contribution in [2.75, 3.05) is 12.4 Å². The molecule has 0 radical (unpaired) electrons. The first kappa shape index (κ1) is 19.2. The van der Waals surface area contributed by atoms with E-state index in [4.69, 9.17) is 4.74 Å². The van der Waals surface area contributed by atoms with Gasteiger partial charge in [-0.2, -0.15) is 5.26 Å². The smallest absolute Gasteiger partial charge is 0.266 e. The Labute approximate surface area is 173 Å². The molecule has 0 fully saturated rings. The zero-order chi connectivity index (χ0) is 19.4. The van der Waals surface area contributed by atoms with Crippen LogP contribution < -0.4 is 10.1 Å². The maximum absolute atomic E-state index is 12.5. The molecule has 6 heteroatoms. The number of halogens is 2. The highest BCUT2D eigenvalue weighted by Crippen LogP contribution is 2.35. The summed E-state index contributed by atoms with van der Waals surface area (Å²) in [4.78, 5) is 12.5. The van der Waals surface area contributed by atoms with Gasteiger partial charge >= 0.3 is 0 Å². The molecule has 0 saturated carbocycles. The first-order chi connectivity index (χ1) is 13.0. The molecule has 0 aliphatic heterocycles. The van der Waals surface area contributed by atoms with Crippen LogP contribution in [0.25, 0.3) is 16.8 Å². The minimum Gasteiger partial charge on any atom is -0.494 e. The number of anilines is 1. The average Bonchev–Trinajstić information content (AvgIpc) is 2.65. The molecule has 0 heterocycles. The fourth-order valence-corrected chi connectivity index (χ4v) is 4.18. The van der Waals surface area contributed by atoms with Crippen molar-refractivity contribution in [3.8, 4) is 11.8 Å². The molecule has 0 aliphatic rings. The Hall–Kier alpha value is -2.62. The van der Waals surface area contributed by atoms with Gasteiger partial charge in [0.25, 0.3) is 5.91 Å². The molecule has 3 aromatic rings. The van der Waals surface area contributed by atoms with Crippen LogP contribution in [-0.2, 0) is 4.79 Å². The zero-order valence-corrected chi connectivity index (χ0v) is 17.5. The molecule has 1 N–H and O–H groups in total. The van der Waals surface area contributed by atoms with E-state index in [1.165, 1.54) is 6.08 Å². The Kier molecular flexibility index (Phi) is 5.94. The summed E-state index contributed by atoms with van der Waals surface area (Å²) in [5, 5.41) is 14.3. The van der Waals surface area contributed by atoms with Crippen molar-refractivity contribution >= 4 is 60.3 Å². The summed E-state index contributed by atoms with van der Waals surface area (Å²) < 4.78 is 6.71. The molecule has 0 unspecified atom stereocenters. The van der Waals surface area contributed by atoms with Crippen LogP contribution in [0.4, 0.5) is 5.69 Å². The standard InChI is InChI=1S/C21H14Br2N2O2/c1-27-20-18(22)9-13(10-19(20)23)8-16(12-24)21(26)25-17-7-6-14-4-2-3-5-15(14)11-17/h2-11H,1H3,(H,25,26)/b16-8+. The van der Waals surface area contributed by atoms with Crippen LogP contribution in [0.5, 0.6) is 5.75 Å². The van der Waals surface area contributed by atoms with Crippen molar-refractivity contribution in [3.05, 3.63) is 74.7 Å². The normalized spacial score (nSPS) is 11.1. The van der Waals surface area contributed by atoms with Crippen LogP contribution >= 0.6 is 31.9 Å². The average molecular weight is 486 g/mol. The van der Waals surface area contributed by atoms with Crippen LogP contribution in [0.15, 0.2) is 69.1 Å². The third-order valence-corrected chi connectivity index (χ3v) is 5.09. The highest BCUT2D eigenvalue weighted by atomic mass is 79.9. The number of nitrogens with one attached hydrogen (secondary N) is 1. The summed E-state index contributed by atoms with van der Waals surface area (Å²) in [7, 11) is 1.57. The molecule has 0 aliphatic carbocycles. The Balaban J connectivity index is 1.87. The molecule has 4 nitrogen and oxygen atoms in total. The van der Waals surface area contributed by atoms with Gasteiger partial charge in [0.1, 0.15) is 17.4 Å². The molecule has 3 rings (SSSR count). The second-order valence-electron chi connectivity index (χ2n) is 5.70. The number of hydrogen-bond acceptors (Lipinski definition) is 3. The quantitative estimate of drug-likeness (QED) is 0.368. The largest absolute Gasteiger partial charge is 0.494 e. The highest BCUT2D eigenvalue weighted by Gasteiger charge is 2.12. The van der Waals surface area contributed by atoms with Crippen molar-refractivity contribution in [1.82, 2.24) is 0 Å². The molecule has 0 spiro atoms. The maximum Gasteiger partial charge on any atom is 0.266 e. The second kappa shape index (κ2) is 8.38. The van der Waals surface area contributed by atoms with Crippen LogP contribution in [0.2, 0.25) is 0 Å². The second-order valence-corrected chi connectivity index (χ2v) is 7.41. The van der Waals surface area contributed by atoms with Crippen LogP contribution in [-0.4, -0.2) is 13.0 Å². The van der Waals surface area contributed by atoms with E-state index in [1.807, 2.05) is 48.5 Å². The van der Waals surface area contributed by atoms with E-state index in [0.717, 1.165) is 19.7 Å². The van der Waals surface area contributed by atoms with Crippen molar-refractivity contribution in [3.63, 3.8) is 0 Å². The van der Waals surface area contributed by atoms with E-state index < -0.39 is 5.91 Å². The van der Waals surface area contributed by atoms with E-state index in [-0.39, 0.29) is 5.57 Å². The minimum absolute atomic E-state index is 0.00660. The number of carbonyl (C=O) groups excluding carboxylic acids is 1. The third kappa shape index (κ3) is 4.38. The van der Waals surface area contributed by atoms with Gasteiger partial charge in [-0.25, -0.2) is 0 Å². The van der Waals surface area contributed by atoms with Crippen molar-refractivity contribution in [1.29, 1.82) is 5.26 Å². The molecule has 0 saturated heterocycles. The predicted octanol–water partition coefficient (Wildman–Crippen LogP) is 5.92. The third-order valence-electron chi connectivity index (χ3n) is 3.91. The molecular formula is C21H14Br2N2O2. The van der Waals surface area contributed by atoms with E-state index in [2.05, 4.69) is 37.2 Å². The van der Waals surface area contributed by atoms with E-state index >= 15 is 0 Å². The predicted molar refractivity (Wildman–Crippen MR) is 115 cm³/mol. The summed E-state index contributed by atoms with van der Waals surface area (Å²) in [5.74, 6) is 0.183. The highest BCUT2D eigenvalue weighted by molar-refractivity contribution is 9.11. The molecular weight excluding hydrogens is 472 g/mol. The fourth-order valence-electron chi connectivity index (χ4n) is 2.64. The molecule has 0 bridgehead atoms. The van der Waals surface area contributed by atoms with E-state index in [0.29, 0.717) is 17.0 Å². The number of amides is 1. The number of hydrogen-bond donors (Lipinski definition) is 1. The molecule has 0 atom stereocenters. The lowest BCUT2D eigenvalue weighted by atomic mass is 10.1. The Morgan fingerprint density at radius 1 is 1.07 bits per heavy atom. The molecule has 3 aromatic carbocycles. The van der Waals surface area contributed by atoms with Crippen LogP contribution in [0, 0.1) is 11.3 Å². The zero-order valence-electron chi connectivity index (χ0n) is 14.3. The van der Waals surface area contributed by atoms with Crippen LogP contribution in [0.3, 0.4) is 0 Å². The Bertz CT molecular complexity index is 1080. The van der Waals surface area contributed by atoms with Gasteiger partial charge in [-0.1, -0.05) is 30.3 Å². The number of nitrogens with zero attached hydrogens (tertiary/aromatic N) is 1. The first-order valence-corrected chi connectivity index (χ1v) is 9.55. The Morgan fingerprint density at radius 2 is 1.74 bits per heavy atom. The van der Waals surface area contributed by atoms with Gasteiger partial charge in [-0.3, -0.25) is 4.79 Å². The summed E-state index contributed by atoms with van der Waals surface area (Å²) in [5.41, 5.74) is 1.34. The number of methoxy groups -OCH3 is 1. The van der Waals surface area contributed by atoms with Gasteiger partial charge < -0.3 is 10.1 Å². The van der Waals surface area contributed by atoms with Gasteiger partial charge in [0.05, 0.1) is 16.1 Å². The van der Waals surface area contributed by atoms with Crippen molar-refractivity contribution < 1.29 is 9.53 Å². The van der Waals surface area contributed by atoms with Crippen molar-refractivity contribution in [2.24, 2.45) is 0 Å². The van der Waals surface area contributed by atoms with Gasteiger partial charge in [0.2, 0.25) is 0 Å². The summed E-state index contributed by atoms with van der Waals surface area (Å²) >= 11 is 6.83. The molecule has 134 valence electrons. The summed E-state index contributed by atoms with van der Waals surface area (Å²) in [6.07, 6.45) is 1.53. The fraction of sp³-hybridized carbons (Fsp3) is 0.0476. The minimum atomic E-state index is -0.462. The van der Waals surface area contributed by atoms with Gasteiger partial charge in [-0.15, -0.1) is 0 Å². The number of ether oxygens (including phenoxy) is 1. The summed E-state index contributed by atoms with van der Waals surface area (Å²) in [6.45, 7) is 0. The van der Waals surface area contributed by atoms with Crippen molar-refractivity contribution in [2.45, 2.75) is 0 Å². The lowest BCUT2D eigenvalue weighted by molar-refractivity contribution is -0.112.